The Morgan fingerprint density at radius 1 is 1.28 bits per heavy atom. The van der Waals surface area contributed by atoms with Crippen LogP contribution < -0.4 is 4.80 Å². The lowest BCUT2D eigenvalue weighted by Gasteiger charge is -2.05. The number of carbonyl (C=O) groups is 1. The highest BCUT2D eigenvalue weighted by Crippen LogP contribution is 2.23. The van der Waals surface area contributed by atoms with Gasteiger partial charge in [-0.25, -0.2) is 0 Å². The van der Waals surface area contributed by atoms with E-state index >= 15 is 0 Å². The van der Waals surface area contributed by atoms with Gasteiger partial charge in [0.25, 0.3) is 5.91 Å². The summed E-state index contributed by atoms with van der Waals surface area (Å²) in [4.78, 5) is 17.7. The molecule has 1 aromatic carbocycles. The molecule has 0 spiro atoms. The number of fused-ring (bicyclic) bond motifs is 1. The molecule has 0 aliphatic carbocycles. The molecule has 0 aliphatic heterocycles. The maximum absolute atomic E-state index is 12.6. The monoisotopic (exact) mass is 358 g/mol. The van der Waals surface area contributed by atoms with Crippen LogP contribution in [0.2, 0.25) is 0 Å². The number of amides is 1. The summed E-state index contributed by atoms with van der Waals surface area (Å²) >= 11 is 1.53. The van der Waals surface area contributed by atoms with Crippen LogP contribution in [-0.2, 0) is 18.3 Å². The molecular formula is C18H22N4O2S. The molecule has 2 heterocycles. The lowest BCUT2D eigenvalue weighted by atomic mass is 10.1. The molecule has 0 aliphatic rings. The average molecular weight is 358 g/mol. The van der Waals surface area contributed by atoms with E-state index in [4.69, 9.17) is 4.74 Å². The van der Waals surface area contributed by atoms with E-state index in [0.717, 1.165) is 15.8 Å². The van der Waals surface area contributed by atoms with Gasteiger partial charge >= 0.3 is 0 Å². The van der Waals surface area contributed by atoms with Gasteiger partial charge in [-0.2, -0.15) is 10.1 Å². The summed E-state index contributed by atoms with van der Waals surface area (Å²) in [7, 11) is 3.47. The van der Waals surface area contributed by atoms with E-state index in [1.54, 1.807) is 18.8 Å². The molecule has 0 bridgehead atoms. The number of carbonyl (C=O) groups excluding carboxylic acids is 1. The number of rotatable bonds is 4. The first-order valence-corrected chi connectivity index (χ1v) is 8.91. The van der Waals surface area contributed by atoms with Crippen molar-refractivity contribution in [2.75, 3.05) is 13.7 Å². The number of aryl methyl sites for hydroxylation is 4. The molecule has 0 saturated heterocycles. The van der Waals surface area contributed by atoms with Gasteiger partial charge in [0, 0.05) is 32.5 Å². The van der Waals surface area contributed by atoms with E-state index in [0.29, 0.717) is 23.6 Å². The largest absolute Gasteiger partial charge is 0.383 e. The Bertz CT molecular complexity index is 1010. The summed E-state index contributed by atoms with van der Waals surface area (Å²) in [6, 6.07) is 4.28. The van der Waals surface area contributed by atoms with Crippen LogP contribution in [0.5, 0.6) is 0 Å². The number of aromatic nitrogens is 3. The number of thiazole rings is 1. The van der Waals surface area contributed by atoms with E-state index in [-0.39, 0.29) is 5.91 Å². The normalized spacial score (nSPS) is 12.3. The van der Waals surface area contributed by atoms with E-state index in [2.05, 4.69) is 40.6 Å². The lowest BCUT2D eigenvalue weighted by Crippen LogP contribution is -2.19. The third kappa shape index (κ3) is 3.43. The smallest absolute Gasteiger partial charge is 0.300 e. The number of benzene rings is 1. The van der Waals surface area contributed by atoms with Crippen molar-refractivity contribution >= 4 is 27.5 Å². The molecule has 0 saturated carbocycles. The van der Waals surface area contributed by atoms with Crippen LogP contribution in [-0.4, -0.2) is 34.0 Å². The molecule has 2 aromatic heterocycles. The van der Waals surface area contributed by atoms with Crippen molar-refractivity contribution in [3.63, 3.8) is 0 Å². The summed E-state index contributed by atoms with van der Waals surface area (Å²) in [5, 5.41) is 4.23. The van der Waals surface area contributed by atoms with E-state index in [1.165, 1.54) is 22.5 Å². The predicted molar refractivity (Wildman–Crippen MR) is 99.0 cm³/mol. The first-order chi connectivity index (χ1) is 11.9. The van der Waals surface area contributed by atoms with Gasteiger partial charge in [0.2, 0.25) is 0 Å². The summed E-state index contributed by atoms with van der Waals surface area (Å²) in [6.07, 6.45) is 1.82. The van der Waals surface area contributed by atoms with E-state index in [1.807, 2.05) is 13.1 Å². The Morgan fingerprint density at radius 2 is 2.04 bits per heavy atom. The van der Waals surface area contributed by atoms with Crippen molar-refractivity contribution in [2.45, 2.75) is 27.3 Å². The zero-order chi connectivity index (χ0) is 18.1. The van der Waals surface area contributed by atoms with Gasteiger partial charge in [0.05, 0.1) is 16.8 Å². The second-order valence-corrected chi connectivity index (χ2v) is 7.19. The third-order valence-electron chi connectivity index (χ3n) is 4.04. The first kappa shape index (κ1) is 17.6. The van der Waals surface area contributed by atoms with Crippen molar-refractivity contribution in [1.29, 1.82) is 0 Å². The summed E-state index contributed by atoms with van der Waals surface area (Å²) < 4.78 is 10.1. The van der Waals surface area contributed by atoms with Crippen LogP contribution in [0.4, 0.5) is 0 Å². The second-order valence-electron chi connectivity index (χ2n) is 6.21. The van der Waals surface area contributed by atoms with Crippen LogP contribution in [0, 0.1) is 20.8 Å². The standard InChI is InChI=1S/C18H22N4O2S/c1-11-8-12(2)16-14(9-11)22(6-7-24-5)18(25-16)19-17(23)15-13(3)10-21(4)20-15/h8-10H,6-7H2,1-5H3. The fourth-order valence-corrected chi connectivity index (χ4v) is 4.06. The molecule has 0 radical (unpaired) electrons. The van der Waals surface area contributed by atoms with Crippen LogP contribution in [0.3, 0.4) is 0 Å². The molecule has 132 valence electrons. The minimum Gasteiger partial charge on any atom is -0.383 e. The van der Waals surface area contributed by atoms with E-state index in [9.17, 15) is 4.79 Å². The molecule has 3 rings (SSSR count). The van der Waals surface area contributed by atoms with Gasteiger partial charge in [0.1, 0.15) is 0 Å². The van der Waals surface area contributed by atoms with Crippen molar-refractivity contribution in [3.05, 3.63) is 45.5 Å². The van der Waals surface area contributed by atoms with Gasteiger partial charge in [-0.3, -0.25) is 9.48 Å². The van der Waals surface area contributed by atoms with Crippen molar-refractivity contribution < 1.29 is 9.53 Å². The molecule has 0 atom stereocenters. The highest BCUT2D eigenvalue weighted by atomic mass is 32.1. The quantitative estimate of drug-likeness (QED) is 0.720. The van der Waals surface area contributed by atoms with Gasteiger partial charge in [-0.1, -0.05) is 17.4 Å². The molecule has 7 heteroatoms. The summed E-state index contributed by atoms with van der Waals surface area (Å²) in [6.45, 7) is 7.23. The molecule has 3 aromatic rings. The minimum absolute atomic E-state index is 0.315. The van der Waals surface area contributed by atoms with Crippen LogP contribution in [0.15, 0.2) is 23.3 Å². The second kappa shape index (κ2) is 6.93. The van der Waals surface area contributed by atoms with Crippen LogP contribution in [0.1, 0.15) is 27.2 Å². The number of hydrogen-bond donors (Lipinski definition) is 0. The zero-order valence-electron chi connectivity index (χ0n) is 15.2. The molecule has 0 unspecified atom stereocenters. The van der Waals surface area contributed by atoms with E-state index < -0.39 is 0 Å². The fourth-order valence-electron chi connectivity index (χ4n) is 2.95. The zero-order valence-corrected chi connectivity index (χ0v) is 16.0. The Kier molecular flexibility index (Phi) is 4.87. The van der Waals surface area contributed by atoms with Gasteiger partial charge in [-0.15, -0.1) is 0 Å². The first-order valence-electron chi connectivity index (χ1n) is 8.09. The van der Waals surface area contributed by atoms with Crippen molar-refractivity contribution in [3.8, 4) is 0 Å². The highest BCUT2D eigenvalue weighted by molar-refractivity contribution is 7.16. The van der Waals surface area contributed by atoms with Crippen molar-refractivity contribution in [2.24, 2.45) is 12.0 Å². The third-order valence-corrected chi connectivity index (χ3v) is 5.27. The SMILES string of the molecule is COCCn1c(=NC(=O)c2nn(C)cc2C)sc2c(C)cc(C)cc21. The van der Waals surface area contributed by atoms with Gasteiger partial charge < -0.3 is 9.30 Å². The number of ether oxygens (including phenoxy) is 1. The molecule has 6 nitrogen and oxygen atoms in total. The number of hydrogen-bond acceptors (Lipinski definition) is 4. The Hall–Kier alpha value is -2.25. The van der Waals surface area contributed by atoms with Gasteiger partial charge in [-0.05, 0) is 38.0 Å². The average Bonchev–Trinajstić information content (AvgIpc) is 3.05. The molecule has 0 fully saturated rings. The number of nitrogens with zero attached hydrogens (tertiary/aromatic N) is 4. The highest BCUT2D eigenvalue weighted by Gasteiger charge is 2.15. The molecule has 1 amide bonds. The van der Waals surface area contributed by atoms with Gasteiger partial charge in [0.15, 0.2) is 10.5 Å². The molecule has 25 heavy (non-hydrogen) atoms. The Balaban J connectivity index is 2.18. The maximum atomic E-state index is 12.6. The van der Waals surface area contributed by atoms with Crippen LogP contribution in [0.25, 0.3) is 10.2 Å². The molecular weight excluding hydrogens is 336 g/mol. The summed E-state index contributed by atoms with van der Waals surface area (Å²) in [5.41, 5.74) is 4.68. The molecule has 0 N–H and O–H groups in total. The Morgan fingerprint density at radius 3 is 2.68 bits per heavy atom. The number of methoxy groups -OCH3 is 1. The fraction of sp³-hybridized carbons (Fsp3) is 0.389. The predicted octanol–water partition coefficient (Wildman–Crippen LogP) is 2.75. The van der Waals surface area contributed by atoms with Crippen LogP contribution >= 0.6 is 11.3 Å². The Labute approximate surface area is 150 Å². The minimum atomic E-state index is -0.315. The summed E-state index contributed by atoms with van der Waals surface area (Å²) in [5.74, 6) is -0.315. The maximum Gasteiger partial charge on any atom is 0.300 e. The van der Waals surface area contributed by atoms with Crippen molar-refractivity contribution in [1.82, 2.24) is 14.3 Å². The topological polar surface area (TPSA) is 61.4 Å². The lowest BCUT2D eigenvalue weighted by molar-refractivity contribution is 0.0991.